The first-order valence-corrected chi connectivity index (χ1v) is 19.4. The number of hydrogen-bond donors (Lipinski definition) is 5. The van der Waals surface area contributed by atoms with E-state index < -0.39 is 119 Å². The van der Waals surface area contributed by atoms with Gasteiger partial charge >= 0.3 is 24.0 Å². The normalized spacial score (nSPS) is 33.7. The molecular weight excluding hydrogens is 754 g/mol. The summed E-state index contributed by atoms with van der Waals surface area (Å²) in [5, 5.41) is 51.4. The number of carbonyl (C=O) groups excluding carboxylic acids is 5. The van der Waals surface area contributed by atoms with Crippen molar-refractivity contribution in [2.75, 3.05) is 0 Å². The Balaban J connectivity index is 1.46. The van der Waals surface area contributed by atoms with Gasteiger partial charge in [-0.2, -0.15) is 0 Å². The summed E-state index contributed by atoms with van der Waals surface area (Å²) in [4.78, 5) is 68.2. The fourth-order valence-electron chi connectivity index (χ4n) is 9.44. The number of fused-ring (bicyclic) bond motifs is 5. The van der Waals surface area contributed by atoms with Gasteiger partial charge in [0.15, 0.2) is 11.9 Å². The lowest BCUT2D eigenvalue weighted by Crippen LogP contribution is -2.76. The van der Waals surface area contributed by atoms with E-state index in [1.165, 1.54) is 32.9 Å². The summed E-state index contributed by atoms with van der Waals surface area (Å²) in [6.07, 6.45) is -12.2. The van der Waals surface area contributed by atoms with Gasteiger partial charge in [0.2, 0.25) is 6.29 Å². The average Bonchev–Trinajstić information content (AvgIpc) is 3.14. The van der Waals surface area contributed by atoms with Crippen molar-refractivity contribution in [1.82, 2.24) is 5.32 Å². The number of ketones is 1. The molecule has 2 aromatic rings. The highest BCUT2D eigenvalue weighted by Gasteiger charge is 2.74. The number of nitrogens with one attached hydrogen (secondary N) is 1. The van der Waals surface area contributed by atoms with Crippen LogP contribution in [0.25, 0.3) is 0 Å². The summed E-state index contributed by atoms with van der Waals surface area (Å²) in [6, 6.07) is 14.7. The first-order valence-electron chi connectivity index (χ1n) is 19.4. The minimum Gasteiger partial charge on any atom is -0.456 e. The molecule has 5 N–H and O–H groups in total. The maximum atomic E-state index is 14.9. The molecule has 12 atom stereocenters. The average molecular weight is 808 g/mol. The third kappa shape index (κ3) is 7.43. The number of Topliss-reactive ketones (excluding diaryl/α,β-unsaturated/α-hetero) is 1. The van der Waals surface area contributed by atoms with Crippen molar-refractivity contribution < 1.29 is 68.1 Å². The zero-order valence-electron chi connectivity index (χ0n) is 33.8. The Bertz CT molecular complexity index is 1960. The van der Waals surface area contributed by atoms with Crippen molar-refractivity contribution in [3.8, 4) is 0 Å². The van der Waals surface area contributed by atoms with Gasteiger partial charge in [-0.25, -0.2) is 14.4 Å². The Hall–Kier alpha value is -4.67. The van der Waals surface area contributed by atoms with Crippen LogP contribution in [0.2, 0.25) is 0 Å². The Kier molecular flexibility index (Phi) is 11.5. The van der Waals surface area contributed by atoms with E-state index in [1.54, 1.807) is 83.1 Å². The molecule has 2 aromatic carbocycles. The van der Waals surface area contributed by atoms with Crippen LogP contribution in [0.5, 0.6) is 0 Å². The smallest absolute Gasteiger partial charge is 0.408 e. The number of esters is 3. The van der Waals surface area contributed by atoms with Gasteiger partial charge in [-0.15, -0.1) is 0 Å². The summed E-state index contributed by atoms with van der Waals surface area (Å²) in [6.45, 7) is 12.2. The Labute approximate surface area is 336 Å². The van der Waals surface area contributed by atoms with Crippen molar-refractivity contribution in [1.29, 1.82) is 0 Å². The van der Waals surface area contributed by atoms with Gasteiger partial charge in [-0.3, -0.25) is 9.59 Å². The highest BCUT2D eigenvalue weighted by molar-refractivity contribution is 5.94. The predicted molar refractivity (Wildman–Crippen MR) is 203 cm³/mol. The number of benzene rings is 2. The first kappa shape index (κ1) is 42.9. The monoisotopic (exact) mass is 807 g/mol. The van der Waals surface area contributed by atoms with Crippen LogP contribution in [0.4, 0.5) is 4.79 Å². The van der Waals surface area contributed by atoms with Gasteiger partial charge < -0.3 is 49.4 Å². The summed E-state index contributed by atoms with van der Waals surface area (Å²) in [5.41, 5.74) is -6.13. The second kappa shape index (κ2) is 15.5. The molecule has 1 heterocycles. The van der Waals surface area contributed by atoms with Crippen LogP contribution in [-0.4, -0.2) is 104 Å². The predicted octanol–water partition coefficient (Wildman–Crippen LogP) is 3.46. The van der Waals surface area contributed by atoms with Crippen LogP contribution in [0, 0.1) is 22.7 Å². The van der Waals surface area contributed by atoms with E-state index in [9.17, 15) is 44.4 Å². The van der Waals surface area contributed by atoms with Gasteiger partial charge in [0.05, 0.1) is 35.1 Å². The van der Waals surface area contributed by atoms with Crippen molar-refractivity contribution in [3.05, 3.63) is 82.9 Å². The molecule has 4 aliphatic rings. The van der Waals surface area contributed by atoms with Crippen molar-refractivity contribution in [2.45, 2.75) is 128 Å². The summed E-state index contributed by atoms with van der Waals surface area (Å²) < 4.78 is 29.1. The second-order valence-corrected chi connectivity index (χ2v) is 17.5. The van der Waals surface area contributed by atoms with Gasteiger partial charge in [0.1, 0.15) is 29.5 Å². The van der Waals surface area contributed by atoms with Gasteiger partial charge in [-0.05, 0) is 63.5 Å². The largest absolute Gasteiger partial charge is 0.456 e. The molecule has 2 saturated carbocycles. The number of aliphatic hydroxyl groups excluding tert-OH is 3. The summed E-state index contributed by atoms with van der Waals surface area (Å²) in [7, 11) is 0. The van der Waals surface area contributed by atoms with Crippen molar-refractivity contribution in [2.24, 2.45) is 22.7 Å². The lowest BCUT2D eigenvalue weighted by molar-refractivity contribution is -0.352. The summed E-state index contributed by atoms with van der Waals surface area (Å²) in [5.74, 6) is -5.93. The van der Waals surface area contributed by atoms with Gasteiger partial charge in [-0.1, -0.05) is 62.4 Å². The maximum Gasteiger partial charge on any atom is 0.408 e. The molecule has 3 aliphatic carbocycles. The van der Waals surface area contributed by atoms with E-state index in [2.05, 4.69) is 5.32 Å². The lowest BCUT2D eigenvalue weighted by Gasteiger charge is -2.65. The van der Waals surface area contributed by atoms with Crippen LogP contribution >= 0.6 is 0 Å². The number of ether oxygens (including phenoxy) is 5. The van der Waals surface area contributed by atoms with Crippen LogP contribution in [0.15, 0.2) is 71.8 Å². The number of aliphatic hydroxyl groups is 4. The molecule has 1 aliphatic heterocycles. The molecule has 3 fully saturated rings. The quantitative estimate of drug-likeness (QED) is 0.146. The molecule has 0 radical (unpaired) electrons. The van der Waals surface area contributed by atoms with Crippen molar-refractivity contribution in [3.63, 3.8) is 0 Å². The molecule has 0 aromatic heterocycles. The molecule has 1 unspecified atom stereocenters. The zero-order chi connectivity index (χ0) is 42.7. The van der Waals surface area contributed by atoms with E-state index in [0.29, 0.717) is 5.56 Å². The molecular formula is C43H53NO14. The SMILES string of the molecule is CC(=O)O[C@H]1O[C@@H]2C[C@H](O)[C@@]3(C)C(=O)[C@H](O)C4=C(C)[C@@H](OC(=O)[C@H](O)[C@@H](NC(=O)OC(C)(C)C)c5ccccc5)C[C@@](O)([C@@H](OC(=O)c5ccccc5)[C@@H]3C12)C4(C)C. The van der Waals surface area contributed by atoms with Crippen LogP contribution < -0.4 is 5.32 Å². The Morgan fingerprint density at radius 1 is 0.931 bits per heavy atom. The molecule has 2 bridgehead atoms. The molecule has 6 rings (SSSR count). The van der Waals surface area contributed by atoms with E-state index in [4.69, 9.17) is 23.7 Å². The first-order chi connectivity index (χ1) is 27.0. The fourth-order valence-corrected chi connectivity index (χ4v) is 9.44. The lowest BCUT2D eigenvalue weighted by atomic mass is 9.45. The molecule has 15 heteroatoms. The van der Waals surface area contributed by atoms with Crippen LogP contribution in [0.3, 0.4) is 0 Å². The second-order valence-electron chi connectivity index (χ2n) is 17.5. The molecule has 58 heavy (non-hydrogen) atoms. The number of amides is 1. The number of hydrogen-bond acceptors (Lipinski definition) is 14. The van der Waals surface area contributed by atoms with E-state index in [0.717, 1.165) is 0 Å². The van der Waals surface area contributed by atoms with E-state index >= 15 is 0 Å². The molecule has 0 spiro atoms. The maximum absolute atomic E-state index is 14.9. The standard InChI is InChI=1S/C43H53NO14/c1-21-26(55-37(51)33(48)31(23-15-11-9-12-16-23)44-39(52)58-40(3,4)5)20-43(53)35(57-36(50)24-17-13-10-14-18-24)30-28-25(56-38(28)54-22(2)45)19-27(46)42(30,8)34(49)32(47)29(21)41(43,6)7/h9-18,25-28,30-33,35,38,46-48,53H,19-20H2,1-8H3,(H,44,52)/t25-,26+,27+,28?,30+,31+,32-,33-,35+,38+,42-,43-/m1/s1. The summed E-state index contributed by atoms with van der Waals surface area (Å²) >= 11 is 0. The van der Waals surface area contributed by atoms with E-state index in [-0.39, 0.29) is 23.1 Å². The minimum atomic E-state index is -2.29. The Morgan fingerprint density at radius 2 is 1.53 bits per heavy atom. The number of carbonyl (C=O) groups is 5. The molecule has 1 amide bonds. The van der Waals surface area contributed by atoms with Crippen molar-refractivity contribution >= 4 is 29.8 Å². The zero-order valence-corrected chi connectivity index (χ0v) is 33.8. The highest BCUT2D eigenvalue weighted by atomic mass is 16.7. The topological polar surface area (TPSA) is 224 Å². The third-order valence-corrected chi connectivity index (χ3v) is 12.5. The van der Waals surface area contributed by atoms with Gasteiger partial charge in [0.25, 0.3) is 0 Å². The molecule has 15 nitrogen and oxygen atoms in total. The van der Waals surface area contributed by atoms with Crippen LogP contribution in [0.1, 0.15) is 90.2 Å². The molecule has 1 saturated heterocycles. The van der Waals surface area contributed by atoms with E-state index in [1.807, 2.05) is 0 Å². The minimum absolute atomic E-state index is 0.0406. The number of rotatable bonds is 8. The number of alkyl carbamates (subject to hydrolysis) is 1. The third-order valence-electron chi connectivity index (χ3n) is 12.5. The highest BCUT2D eigenvalue weighted by Crippen LogP contribution is 2.63. The molecule has 314 valence electrons. The Morgan fingerprint density at radius 3 is 2.12 bits per heavy atom. The van der Waals surface area contributed by atoms with Crippen LogP contribution in [-0.2, 0) is 38.1 Å². The van der Waals surface area contributed by atoms with Gasteiger partial charge in [0, 0.05) is 31.1 Å². The fraction of sp³-hybridized carbons (Fsp3) is 0.558.